The van der Waals surface area contributed by atoms with Crippen LogP contribution in [0, 0.1) is 5.92 Å². The lowest BCUT2D eigenvalue weighted by atomic mass is 9.87. The summed E-state index contributed by atoms with van der Waals surface area (Å²) in [4.78, 5) is 11.4. The SMILES string of the molecule is CC1CCC(NC(=O)N[C@@H](C)CO)CC1. The molecule has 0 aromatic carbocycles. The van der Waals surface area contributed by atoms with E-state index in [2.05, 4.69) is 17.6 Å². The van der Waals surface area contributed by atoms with Gasteiger partial charge in [0, 0.05) is 6.04 Å². The zero-order chi connectivity index (χ0) is 11.3. The molecule has 88 valence electrons. The summed E-state index contributed by atoms with van der Waals surface area (Å²) in [6.07, 6.45) is 4.53. The summed E-state index contributed by atoms with van der Waals surface area (Å²) < 4.78 is 0. The van der Waals surface area contributed by atoms with Crippen molar-refractivity contribution in [1.82, 2.24) is 10.6 Å². The summed E-state index contributed by atoms with van der Waals surface area (Å²) >= 11 is 0. The van der Waals surface area contributed by atoms with Crippen LogP contribution in [0.15, 0.2) is 0 Å². The van der Waals surface area contributed by atoms with E-state index in [0.29, 0.717) is 6.04 Å². The zero-order valence-corrected chi connectivity index (χ0v) is 9.62. The summed E-state index contributed by atoms with van der Waals surface area (Å²) in [7, 11) is 0. The molecule has 0 bridgehead atoms. The molecule has 0 saturated heterocycles. The maximum Gasteiger partial charge on any atom is 0.315 e. The highest BCUT2D eigenvalue weighted by Crippen LogP contribution is 2.23. The number of aliphatic hydroxyl groups is 1. The average molecular weight is 214 g/mol. The molecule has 3 N–H and O–H groups in total. The molecule has 1 fully saturated rings. The number of rotatable bonds is 3. The van der Waals surface area contributed by atoms with Crippen LogP contribution in [0.3, 0.4) is 0 Å². The number of aliphatic hydroxyl groups excluding tert-OH is 1. The van der Waals surface area contributed by atoms with Crippen molar-refractivity contribution >= 4 is 6.03 Å². The van der Waals surface area contributed by atoms with E-state index in [9.17, 15) is 4.79 Å². The molecule has 4 heteroatoms. The minimum atomic E-state index is -0.174. The van der Waals surface area contributed by atoms with Crippen molar-refractivity contribution in [1.29, 1.82) is 0 Å². The van der Waals surface area contributed by atoms with Crippen molar-refractivity contribution in [2.24, 2.45) is 5.92 Å². The number of hydrogen-bond acceptors (Lipinski definition) is 2. The molecular formula is C11H22N2O2. The van der Waals surface area contributed by atoms with Crippen LogP contribution in [0.1, 0.15) is 39.5 Å². The first-order chi connectivity index (χ1) is 7.11. The van der Waals surface area contributed by atoms with Crippen LogP contribution < -0.4 is 10.6 Å². The molecular weight excluding hydrogens is 192 g/mol. The molecule has 1 atom stereocenters. The van der Waals surface area contributed by atoms with Crippen LogP contribution in [0.2, 0.25) is 0 Å². The van der Waals surface area contributed by atoms with Gasteiger partial charge in [0.05, 0.1) is 12.6 Å². The predicted octanol–water partition coefficient (Wildman–Crippen LogP) is 1.25. The van der Waals surface area contributed by atoms with Gasteiger partial charge in [-0.2, -0.15) is 0 Å². The second-order valence-corrected chi connectivity index (χ2v) is 4.66. The van der Waals surface area contributed by atoms with E-state index >= 15 is 0 Å². The largest absolute Gasteiger partial charge is 0.394 e. The highest BCUT2D eigenvalue weighted by Gasteiger charge is 2.19. The van der Waals surface area contributed by atoms with Crippen LogP contribution in [-0.4, -0.2) is 29.8 Å². The van der Waals surface area contributed by atoms with Gasteiger partial charge in [-0.05, 0) is 38.5 Å². The Kier molecular flexibility index (Phi) is 4.88. The molecule has 0 radical (unpaired) electrons. The maximum atomic E-state index is 11.4. The van der Waals surface area contributed by atoms with Gasteiger partial charge < -0.3 is 15.7 Å². The highest BCUT2D eigenvalue weighted by atomic mass is 16.3. The van der Waals surface area contributed by atoms with Crippen LogP contribution >= 0.6 is 0 Å². The van der Waals surface area contributed by atoms with Crippen LogP contribution in [0.25, 0.3) is 0 Å². The third kappa shape index (κ3) is 4.51. The molecule has 0 aromatic heterocycles. The van der Waals surface area contributed by atoms with Crippen molar-refractivity contribution in [2.45, 2.75) is 51.6 Å². The fraction of sp³-hybridized carbons (Fsp3) is 0.909. The van der Waals surface area contributed by atoms with Crippen molar-refractivity contribution in [2.75, 3.05) is 6.61 Å². The minimum Gasteiger partial charge on any atom is -0.394 e. The molecule has 0 aromatic rings. The zero-order valence-electron chi connectivity index (χ0n) is 9.62. The van der Waals surface area contributed by atoms with Gasteiger partial charge in [-0.15, -0.1) is 0 Å². The standard InChI is InChI=1S/C11H22N2O2/c1-8-3-5-10(6-4-8)13-11(15)12-9(2)7-14/h8-10,14H,3-7H2,1-2H3,(H2,12,13,15)/t8?,9-,10?/m0/s1. The van der Waals surface area contributed by atoms with Crippen molar-refractivity contribution in [3.63, 3.8) is 0 Å². The molecule has 1 saturated carbocycles. The predicted molar refractivity (Wildman–Crippen MR) is 59.6 cm³/mol. The fourth-order valence-corrected chi connectivity index (χ4v) is 1.90. The molecule has 1 aliphatic carbocycles. The first-order valence-corrected chi connectivity index (χ1v) is 5.79. The lowest BCUT2D eigenvalue weighted by Crippen LogP contribution is -2.47. The van der Waals surface area contributed by atoms with Gasteiger partial charge >= 0.3 is 6.03 Å². The Morgan fingerprint density at radius 3 is 2.53 bits per heavy atom. The Hall–Kier alpha value is -0.770. The topological polar surface area (TPSA) is 61.4 Å². The summed E-state index contributed by atoms with van der Waals surface area (Å²) in [5.74, 6) is 0.794. The second-order valence-electron chi connectivity index (χ2n) is 4.66. The van der Waals surface area contributed by atoms with E-state index in [1.165, 1.54) is 12.8 Å². The van der Waals surface area contributed by atoms with Crippen molar-refractivity contribution < 1.29 is 9.90 Å². The maximum absolute atomic E-state index is 11.4. The fourth-order valence-electron chi connectivity index (χ4n) is 1.90. The summed E-state index contributed by atoms with van der Waals surface area (Å²) in [5.41, 5.74) is 0. The Balaban J connectivity index is 2.20. The normalized spacial score (nSPS) is 28.2. The number of hydrogen-bond donors (Lipinski definition) is 3. The first-order valence-electron chi connectivity index (χ1n) is 5.79. The summed E-state index contributed by atoms with van der Waals surface area (Å²) in [6.45, 7) is 4.02. The van der Waals surface area contributed by atoms with E-state index in [1.807, 2.05) is 0 Å². The smallest absolute Gasteiger partial charge is 0.315 e. The second kappa shape index (κ2) is 5.95. The Morgan fingerprint density at radius 2 is 2.00 bits per heavy atom. The number of urea groups is 1. The lowest BCUT2D eigenvalue weighted by Gasteiger charge is -2.27. The quantitative estimate of drug-likeness (QED) is 0.662. The van der Waals surface area contributed by atoms with Gasteiger partial charge in [0.15, 0.2) is 0 Å². The van der Waals surface area contributed by atoms with Gasteiger partial charge in [0.1, 0.15) is 0 Å². The van der Waals surface area contributed by atoms with Crippen LogP contribution in [0.5, 0.6) is 0 Å². The monoisotopic (exact) mass is 214 g/mol. The molecule has 0 unspecified atom stereocenters. The van der Waals surface area contributed by atoms with Crippen molar-refractivity contribution in [3.05, 3.63) is 0 Å². The number of carbonyl (C=O) groups excluding carboxylic acids is 1. The van der Waals surface area contributed by atoms with Crippen LogP contribution in [-0.2, 0) is 0 Å². The first kappa shape index (κ1) is 12.3. The van der Waals surface area contributed by atoms with Crippen LogP contribution in [0.4, 0.5) is 4.79 Å². The molecule has 2 amide bonds. The van der Waals surface area contributed by atoms with E-state index < -0.39 is 0 Å². The number of carbonyl (C=O) groups is 1. The lowest BCUT2D eigenvalue weighted by molar-refractivity contribution is 0.211. The van der Waals surface area contributed by atoms with Crippen molar-refractivity contribution in [3.8, 4) is 0 Å². The Labute approximate surface area is 91.4 Å². The molecule has 0 aliphatic heterocycles. The van der Waals surface area contributed by atoms with E-state index in [-0.39, 0.29) is 18.7 Å². The van der Waals surface area contributed by atoms with Gasteiger partial charge in [-0.25, -0.2) is 4.79 Å². The summed E-state index contributed by atoms with van der Waals surface area (Å²) in [6, 6.07) is -0.0179. The molecule has 0 heterocycles. The van der Waals surface area contributed by atoms with E-state index in [4.69, 9.17) is 5.11 Å². The van der Waals surface area contributed by atoms with Gasteiger partial charge in [0.25, 0.3) is 0 Å². The Bertz CT molecular complexity index is 201. The third-order valence-electron chi connectivity index (χ3n) is 3.00. The minimum absolute atomic E-state index is 0.0187. The van der Waals surface area contributed by atoms with Gasteiger partial charge in [-0.1, -0.05) is 6.92 Å². The molecule has 4 nitrogen and oxygen atoms in total. The summed E-state index contributed by atoms with van der Waals surface area (Å²) in [5, 5.41) is 14.4. The molecule has 1 aliphatic rings. The molecule has 0 spiro atoms. The van der Waals surface area contributed by atoms with E-state index in [1.54, 1.807) is 6.92 Å². The van der Waals surface area contributed by atoms with Gasteiger partial charge in [0.2, 0.25) is 0 Å². The highest BCUT2D eigenvalue weighted by molar-refractivity contribution is 5.74. The number of nitrogens with one attached hydrogen (secondary N) is 2. The Morgan fingerprint density at radius 1 is 1.40 bits per heavy atom. The van der Waals surface area contributed by atoms with E-state index in [0.717, 1.165) is 18.8 Å². The molecule has 1 rings (SSSR count). The third-order valence-corrected chi connectivity index (χ3v) is 3.00. The molecule has 15 heavy (non-hydrogen) atoms. The van der Waals surface area contributed by atoms with Gasteiger partial charge in [-0.3, -0.25) is 0 Å². The average Bonchev–Trinajstić information content (AvgIpc) is 2.21. The number of amides is 2.